The summed E-state index contributed by atoms with van der Waals surface area (Å²) in [5.74, 6) is 0. The molecule has 0 N–H and O–H groups in total. The van der Waals surface area contributed by atoms with Gasteiger partial charge >= 0.3 is 0 Å². The Kier molecular flexibility index (Phi) is 6.71. The molecule has 29 heavy (non-hydrogen) atoms. The van der Waals surface area contributed by atoms with Crippen LogP contribution in [-0.2, 0) is 6.42 Å². The number of rotatable bonds is 9. The zero-order valence-corrected chi connectivity index (χ0v) is 18.7. The second-order valence-electron chi connectivity index (χ2n) is 8.17. The molecule has 1 unspecified atom stereocenters. The first-order valence-electron chi connectivity index (χ1n) is 11.4. The van der Waals surface area contributed by atoms with Crippen LogP contribution in [0.2, 0.25) is 0 Å². The van der Waals surface area contributed by atoms with E-state index in [4.69, 9.17) is 0 Å². The molecule has 1 aliphatic carbocycles. The van der Waals surface area contributed by atoms with Crippen molar-refractivity contribution in [1.29, 1.82) is 0 Å². The van der Waals surface area contributed by atoms with Crippen molar-refractivity contribution < 1.29 is 0 Å². The number of benzene rings is 1. The molecular weight excluding hydrogens is 370 g/mol. The van der Waals surface area contributed by atoms with E-state index in [1.165, 1.54) is 77.8 Å². The van der Waals surface area contributed by atoms with Crippen LogP contribution in [0.25, 0.3) is 5.57 Å². The molecule has 0 radical (unpaired) electrons. The van der Waals surface area contributed by atoms with Crippen LogP contribution in [0.1, 0.15) is 68.4 Å². The van der Waals surface area contributed by atoms with Crippen LogP contribution < -0.4 is 4.90 Å². The minimum Gasteiger partial charge on any atom is -0.360 e. The molecule has 2 heteroatoms. The first-order chi connectivity index (χ1) is 14.3. The van der Waals surface area contributed by atoms with Crippen molar-refractivity contribution in [3.05, 3.63) is 81.6 Å². The molecule has 2 aliphatic rings. The van der Waals surface area contributed by atoms with E-state index in [1.807, 2.05) is 11.3 Å². The molecule has 0 fully saturated rings. The number of thiophene rings is 1. The van der Waals surface area contributed by atoms with Gasteiger partial charge < -0.3 is 4.90 Å². The Morgan fingerprint density at radius 1 is 0.931 bits per heavy atom. The highest BCUT2D eigenvalue weighted by molar-refractivity contribution is 7.11. The normalized spacial score (nSPS) is 17.6. The van der Waals surface area contributed by atoms with Crippen molar-refractivity contribution in [2.24, 2.45) is 0 Å². The molecule has 0 saturated carbocycles. The second kappa shape index (κ2) is 9.63. The molecule has 0 bridgehead atoms. The molecule has 4 rings (SSSR count). The Labute approximate surface area is 180 Å². The molecule has 0 saturated heterocycles. The van der Waals surface area contributed by atoms with Gasteiger partial charge in [-0.05, 0) is 47.9 Å². The number of anilines is 1. The number of para-hydroxylation sites is 1. The van der Waals surface area contributed by atoms with Crippen LogP contribution in [0.4, 0.5) is 5.69 Å². The fraction of sp³-hybridized carbons (Fsp3) is 0.407. The molecule has 1 aromatic carbocycles. The van der Waals surface area contributed by atoms with Crippen molar-refractivity contribution in [3.63, 3.8) is 0 Å². The van der Waals surface area contributed by atoms with Crippen molar-refractivity contribution in [2.45, 2.75) is 64.8 Å². The third kappa shape index (κ3) is 4.14. The predicted octanol–water partition coefficient (Wildman–Crippen LogP) is 7.79. The Morgan fingerprint density at radius 3 is 2.66 bits per heavy atom. The summed E-state index contributed by atoms with van der Waals surface area (Å²) >= 11 is 1.92. The minimum absolute atomic E-state index is 0.353. The maximum absolute atomic E-state index is 2.62. The van der Waals surface area contributed by atoms with Crippen LogP contribution in [-0.4, -0.2) is 12.6 Å². The lowest BCUT2D eigenvalue weighted by Gasteiger charge is -2.40. The van der Waals surface area contributed by atoms with E-state index in [-0.39, 0.29) is 0 Å². The standard InChI is InChI=1S/C27H33NS/c1-3-5-7-8-13-21-18-20-29-27(21)26-22-14-9-11-16-24(22)28(19-6-4-2)25-17-12-10-15-23(25)26/h9-12,14-18,20,24H,3-8,13,19H2,1-2H3. The van der Waals surface area contributed by atoms with Crippen molar-refractivity contribution in [2.75, 3.05) is 11.4 Å². The number of hydrogen-bond acceptors (Lipinski definition) is 2. The molecule has 1 atom stereocenters. The Morgan fingerprint density at radius 2 is 1.79 bits per heavy atom. The molecule has 1 nitrogen and oxygen atoms in total. The highest BCUT2D eigenvalue weighted by Crippen LogP contribution is 2.45. The molecule has 2 heterocycles. The van der Waals surface area contributed by atoms with Crippen LogP contribution in [0.15, 0.2) is 65.6 Å². The lowest BCUT2D eigenvalue weighted by atomic mass is 9.83. The fourth-order valence-corrected chi connectivity index (χ4v) is 5.65. The van der Waals surface area contributed by atoms with Gasteiger partial charge in [0.05, 0.1) is 6.04 Å². The zero-order valence-electron chi connectivity index (χ0n) is 17.9. The van der Waals surface area contributed by atoms with E-state index in [0.717, 1.165) is 6.54 Å². The van der Waals surface area contributed by atoms with Crippen LogP contribution in [0.3, 0.4) is 0 Å². The van der Waals surface area contributed by atoms with E-state index in [2.05, 4.69) is 78.8 Å². The topological polar surface area (TPSA) is 3.24 Å². The molecule has 0 amide bonds. The number of allylic oxidation sites excluding steroid dienone is 2. The van der Waals surface area contributed by atoms with Crippen LogP contribution in [0, 0.1) is 0 Å². The maximum atomic E-state index is 2.62. The molecule has 1 aliphatic heterocycles. The first kappa shape index (κ1) is 20.2. The van der Waals surface area contributed by atoms with Gasteiger partial charge in [-0.1, -0.05) is 82.0 Å². The van der Waals surface area contributed by atoms with Gasteiger partial charge in [0.25, 0.3) is 0 Å². The van der Waals surface area contributed by atoms with Gasteiger partial charge in [-0.15, -0.1) is 11.3 Å². The van der Waals surface area contributed by atoms with Gasteiger partial charge in [0.2, 0.25) is 0 Å². The summed E-state index contributed by atoms with van der Waals surface area (Å²) in [4.78, 5) is 4.11. The summed E-state index contributed by atoms with van der Waals surface area (Å²) in [6, 6.07) is 11.8. The zero-order chi connectivity index (χ0) is 20.1. The van der Waals surface area contributed by atoms with E-state index in [1.54, 1.807) is 0 Å². The van der Waals surface area contributed by atoms with Gasteiger partial charge in [0.1, 0.15) is 0 Å². The van der Waals surface area contributed by atoms with Crippen molar-refractivity contribution in [1.82, 2.24) is 0 Å². The summed E-state index contributed by atoms with van der Waals surface area (Å²) < 4.78 is 0. The lowest BCUT2D eigenvalue weighted by molar-refractivity contribution is 0.667. The molecule has 152 valence electrons. The van der Waals surface area contributed by atoms with Crippen LogP contribution in [0.5, 0.6) is 0 Å². The highest BCUT2D eigenvalue weighted by atomic mass is 32.1. The highest BCUT2D eigenvalue weighted by Gasteiger charge is 2.32. The quantitative estimate of drug-likeness (QED) is 0.386. The van der Waals surface area contributed by atoms with Gasteiger partial charge in [0.15, 0.2) is 0 Å². The van der Waals surface area contributed by atoms with E-state index in [0.29, 0.717) is 6.04 Å². The first-order valence-corrected chi connectivity index (χ1v) is 12.2. The molecule has 1 aromatic heterocycles. The summed E-state index contributed by atoms with van der Waals surface area (Å²) in [5.41, 5.74) is 7.29. The van der Waals surface area contributed by atoms with E-state index >= 15 is 0 Å². The summed E-state index contributed by atoms with van der Waals surface area (Å²) in [6.45, 7) is 5.68. The molecule has 2 aromatic rings. The Balaban J connectivity index is 1.77. The van der Waals surface area contributed by atoms with Gasteiger partial charge in [-0.25, -0.2) is 0 Å². The molecular formula is C27H33NS. The fourth-order valence-electron chi connectivity index (χ4n) is 4.61. The third-order valence-electron chi connectivity index (χ3n) is 6.13. The maximum Gasteiger partial charge on any atom is 0.0736 e. The summed E-state index contributed by atoms with van der Waals surface area (Å²) in [5, 5.41) is 2.29. The number of aryl methyl sites for hydroxylation is 1. The Hall–Kier alpha value is -2.06. The number of hydrogen-bond donors (Lipinski definition) is 0. The summed E-state index contributed by atoms with van der Waals surface area (Å²) in [7, 11) is 0. The smallest absolute Gasteiger partial charge is 0.0736 e. The second-order valence-corrected chi connectivity index (χ2v) is 9.09. The predicted molar refractivity (Wildman–Crippen MR) is 129 cm³/mol. The van der Waals surface area contributed by atoms with Crippen molar-refractivity contribution in [3.8, 4) is 0 Å². The molecule has 0 spiro atoms. The lowest BCUT2D eigenvalue weighted by Crippen LogP contribution is -2.40. The van der Waals surface area contributed by atoms with Crippen LogP contribution >= 0.6 is 11.3 Å². The van der Waals surface area contributed by atoms with Gasteiger partial charge in [-0.2, -0.15) is 0 Å². The van der Waals surface area contributed by atoms with E-state index in [9.17, 15) is 0 Å². The number of fused-ring (bicyclic) bond motifs is 2. The average Bonchev–Trinajstić information content (AvgIpc) is 3.22. The van der Waals surface area contributed by atoms with Crippen molar-refractivity contribution >= 4 is 22.6 Å². The van der Waals surface area contributed by atoms with E-state index < -0.39 is 0 Å². The Bertz CT molecular complexity index is 914. The monoisotopic (exact) mass is 403 g/mol. The largest absolute Gasteiger partial charge is 0.360 e. The van der Waals surface area contributed by atoms with Gasteiger partial charge in [0, 0.05) is 28.2 Å². The summed E-state index contributed by atoms with van der Waals surface area (Å²) in [6.07, 6.45) is 18.1. The minimum atomic E-state index is 0.353. The SMILES string of the molecule is CCCCCCc1ccsc1C1=C2C=CC=CC2N(CCCC)c2ccccc21. The average molecular weight is 404 g/mol. The number of unbranched alkanes of at least 4 members (excludes halogenated alkanes) is 4. The number of nitrogens with zero attached hydrogens (tertiary/aromatic N) is 1. The third-order valence-corrected chi connectivity index (χ3v) is 7.11. The van der Waals surface area contributed by atoms with Gasteiger partial charge in [-0.3, -0.25) is 0 Å².